The number of hydrogen-bond acceptors (Lipinski definition) is 1. The van der Waals surface area contributed by atoms with E-state index in [1.165, 1.54) is 0 Å². The summed E-state index contributed by atoms with van der Waals surface area (Å²) in [6.07, 6.45) is -4.72. The first-order chi connectivity index (χ1) is 7.53. The third-order valence-electron chi connectivity index (χ3n) is 1.94. The fraction of sp³-hybridized carbons (Fsp3) is 0.300. The van der Waals surface area contributed by atoms with Crippen molar-refractivity contribution in [1.82, 2.24) is 0 Å². The number of carbonyl (C=O) groups is 1. The highest BCUT2D eigenvalue weighted by atomic mass is 35.5. The monoisotopic (exact) mass is 272 g/mol. The van der Waals surface area contributed by atoms with Gasteiger partial charge in [-0.2, -0.15) is 22.0 Å². The number of ketones is 1. The lowest BCUT2D eigenvalue weighted by atomic mass is 10.0. The molecule has 1 rings (SSSR count). The Labute approximate surface area is 98.2 Å². The van der Waals surface area contributed by atoms with Gasteiger partial charge in [-0.3, -0.25) is 4.79 Å². The number of benzene rings is 1. The molecule has 0 radical (unpaired) electrons. The van der Waals surface area contributed by atoms with Crippen molar-refractivity contribution in [3.8, 4) is 0 Å². The second-order valence-electron chi connectivity index (χ2n) is 3.41. The van der Waals surface area contributed by atoms with Crippen LogP contribution in [0, 0.1) is 0 Å². The topological polar surface area (TPSA) is 17.1 Å². The summed E-state index contributed by atoms with van der Waals surface area (Å²) in [5, 5.41) is -0.440. The van der Waals surface area contributed by atoms with Gasteiger partial charge < -0.3 is 0 Å². The second-order valence-corrected chi connectivity index (χ2v) is 3.82. The molecule has 0 aliphatic carbocycles. The van der Waals surface area contributed by atoms with Gasteiger partial charge in [0.1, 0.15) is 0 Å². The minimum absolute atomic E-state index is 0.298. The molecule has 0 bridgehead atoms. The van der Waals surface area contributed by atoms with Gasteiger partial charge in [0.25, 0.3) is 0 Å². The van der Waals surface area contributed by atoms with E-state index >= 15 is 0 Å². The van der Waals surface area contributed by atoms with Gasteiger partial charge in [0, 0.05) is 12.5 Å². The molecule has 1 nitrogen and oxygen atoms in total. The molecule has 0 unspecified atom stereocenters. The standard InChI is InChI=1S/C10H6ClF5O/c1-9(12,13)8(17)6-4-5(10(14,15)16)2-3-7(6)11/h2-4H,1H3. The minimum atomic E-state index is -4.72. The lowest BCUT2D eigenvalue weighted by molar-refractivity contribution is -0.137. The molecule has 0 saturated heterocycles. The average Bonchev–Trinajstić information content (AvgIpc) is 2.14. The fourth-order valence-corrected chi connectivity index (χ4v) is 1.32. The number of rotatable bonds is 2. The van der Waals surface area contributed by atoms with Crippen molar-refractivity contribution in [2.75, 3.05) is 0 Å². The number of halogens is 6. The van der Waals surface area contributed by atoms with Gasteiger partial charge in [-0.25, -0.2) is 0 Å². The van der Waals surface area contributed by atoms with Crippen LogP contribution in [0.25, 0.3) is 0 Å². The van der Waals surface area contributed by atoms with Crippen molar-refractivity contribution in [1.29, 1.82) is 0 Å². The molecule has 0 amide bonds. The summed E-state index contributed by atoms with van der Waals surface area (Å²) in [4.78, 5) is 11.2. The molecule has 17 heavy (non-hydrogen) atoms. The average molecular weight is 273 g/mol. The summed E-state index contributed by atoms with van der Waals surface area (Å²) >= 11 is 5.43. The van der Waals surface area contributed by atoms with Crippen LogP contribution in [0.1, 0.15) is 22.8 Å². The van der Waals surface area contributed by atoms with E-state index in [2.05, 4.69) is 0 Å². The largest absolute Gasteiger partial charge is 0.416 e. The fourth-order valence-electron chi connectivity index (χ4n) is 1.11. The van der Waals surface area contributed by atoms with E-state index in [4.69, 9.17) is 11.6 Å². The molecule has 0 aromatic heterocycles. The lowest BCUT2D eigenvalue weighted by Gasteiger charge is -2.13. The van der Waals surface area contributed by atoms with E-state index in [1.807, 2.05) is 0 Å². The van der Waals surface area contributed by atoms with Crippen molar-refractivity contribution >= 4 is 17.4 Å². The first kappa shape index (κ1) is 13.9. The van der Waals surface area contributed by atoms with Crippen LogP contribution in [-0.2, 0) is 6.18 Å². The maximum atomic E-state index is 12.7. The molecule has 0 atom stereocenters. The minimum Gasteiger partial charge on any atom is -0.287 e. The Hall–Kier alpha value is -1.17. The van der Waals surface area contributed by atoms with Gasteiger partial charge in [0.05, 0.1) is 10.6 Å². The lowest BCUT2D eigenvalue weighted by Crippen LogP contribution is -2.25. The first-order valence-corrected chi connectivity index (χ1v) is 4.70. The predicted octanol–water partition coefficient (Wildman–Crippen LogP) is 4.20. The van der Waals surface area contributed by atoms with Crippen LogP contribution in [0.3, 0.4) is 0 Å². The second kappa shape index (κ2) is 4.25. The van der Waals surface area contributed by atoms with Gasteiger partial charge in [0.2, 0.25) is 5.78 Å². The zero-order valence-corrected chi connectivity index (χ0v) is 9.16. The SMILES string of the molecule is CC(F)(F)C(=O)c1cc(C(F)(F)F)ccc1Cl. The van der Waals surface area contributed by atoms with Crippen LogP contribution in [0.15, 0.2) is 18.2 Å². The Kier molecular flexibility index (Phi) is 3.47. The van der Waals surface area contributed by atoms with Crippen LogP contribution in [-0.4, -0.2) is 11.7 Å². The number of hydrogen-bond donors (Lipinski definition) is 0. The van der Waals surface area contributed by atoms with Gasteiger partial charge in [-0.1, -0.05) is 11.6 Å². The summed E-state index contributed by atoms with van der Waals surface area (Å²) in [5.74, 6) is -5.51. The predicted molar refractivity (Wildman–Crippen MR) is 51.4 cm³/mol. The number of carbonyl (C=O) groups excluding carboxylic acids is 1. The van der Waals surface area contributed by atoms with Gasteiger partial charge >= 0.3 is 12.1 Å². The highest BCUT2D eigenvalue weighted by Crippen LogP contribution is 2.33. The molecule has 0 heterocycles. The van der Waals surface area contributed by atoms with Gasteiger partial charge in [0.15, 0.2) is 0 Å². The quantitative estimate of drug-likeness (QED) is 0.582. The summed E-state index contributed by atoms with van der Waals surface area (Å²) < 4.78 is 62.4. The molecule has 0 saturated carbocycles. The molecular weight excluding hydrogens is 267 g/mol. The van der Waals surface area contributed by atoms with Crippen molar-refractivity contribution in [3.63, 3.8) is 0 Å². The zero-order chi connectivity index (χ0) is 13.4. The molecule has 94 valence electrons. The van der Waals surface area contributed by atoms with Crippen LogP contribution in [0.5, 0.6) is 0 Å². The summed E-state index contributed by atoms with van der Waals surface area (Å²) in [6.45, 7) is 0.298. The molecule has 1 aromatic rings. The van der Waals surface area contributed by atoms with Gasteiger partial charge in [-0.15, -0.1) is 0 Å². The van der Waals surface area contributed by atoms with E-state index in [9.17, 15) is 26.7 Å². The molecule has 0 aliphatic rings. The Morgan fingerprint density at radius 3 is 2.12 bits per heavy atom. The molecule has 0 spiro atoms. The van der Waals surface area contributed by atoms with Crippen molar-refractivity contribution in [3.05, 3.63) is 34.3 Å². The Morgan fingerprint density at radius 1 is 1.18 bits per heavy atom. The third kappa shape index (κ3) is 3.15. The van der Waals surface area contributed by atoms with Crippen LogP contribution >= 0.6 is 11.6 Å². The molecule has 0 fully saturated rings. The zero-order valence-electron chi connectivity index (χ0n) is 8.41. The van der Waals surface area contributed by atoms with Crippen molar-refractivity contribution in [2.24, 2.45) is 0 Å². The highest BCUT2D eigenvalue weighted by Gasteiger charge is 2.37. The van der Waals surface area contributed by atoms with E-state index in [0.29, 0.717) is 19.1 Å². The molecule has 1 aromatic carbocycles. The maximum absolute atomic E-state index is 12.7. The van der Waals surface area contributed by atoms with Crippen LogP contribution in [0.4, 0.5) is 22.0 Å². The van der Waals surface area contributed by atoms with E-state index in [0.717, 1.165) is 6.07 Å². The van der Waals surface area contributed by atoms with Gasteiger partial charge in [-0.05, 0) is 18.2 Å². The van der Waals surface area contributed by atoms with Crippen molar-refractivity contribution < 1.29 is 26.7 Å². The first-order valence-electron chi connectivity index (χ1n) is 4.33. The van der Waals surface area contributed by atoms with Crippen molar-refractivity contribution in [2.45, 2.75) is 19.0 Å². The number of alkyl halides is 5. The molecule has 0 N–H and O–H groups in total. The highest BCUT2D eigenvalue weighted by molar-refractivity contribution is 6.34. The maximum Gasteiger partial charge on any atom is 0.416 e. The normalized spacial score (nSPS) is 12.6. The summed E-state index contributed by atoms with van der Waals surface area (Å²) in [7, 11) is 0. The Bertz CT molecular complexity index is 447. The Morgan fingerprint density at radius 2 is 1.71 bits per heavy atom. The van der Waals surface area contributed by atoms with Crippen LogP contribution in [0.2, 0.25) is 5.02 Å². The Balaban J connectivity index is 3.30. The summed E-state index contributed by atoms with van der Waals surface area (Å²) in [6, 6.07) is 1.71. The van der Waals surface area contributed by atoms with E-state index < -0.39 is 34.0 Å². The smallest absolute Gasteiger partial charge is 0.287 e. The molecule has 7 heteroatoms. The third-order valence-corrected chi connectivity index (χ3v) is 2.27. The summed E-state index contributed by atoms with van der Waals surface area (Å²) in [5.41, 5.74) is -2.04. The molecule has 0 aliphatic heterocycles. The van der Waals surface area contributed by atoms with E-state index in [-0.39, 0.29) is 0 Å². The van der Waals surface area contributed by atoms with E-state index in [1.54, 1.807) is 0 Å². The molecular formula is C10H6ClF5O. The number of Topliss-reactive ketones (excluding diaryl/α,β-unsaturated/α-hetero) is 1. The van der Waals surface area contributed by atoms with Crippen LogP contribution < -0.4 is 0 Å².